The molecule has 0 bridgehead atoms. The molecule has 1 aliphatic carbocycles. The Hall–Kier alpha value is -2.46. The van der Waals surface area contributed by atoms with Crippen molar-refractivity contribution in [2.45, 2.75) is 39.5 Å². The highest BCUT2D eigenvalue weighted by molar-refractivity contribution is 6.30. The quantitative estimate of drug-likeness (QED) is 0.550. The number of nitrogens with zero attached hydrogens (tertiary/aromatic N) is 2. The maximum atomic E-state index is 12.7. The molecule has 1 unspecified atom stereocenters. The zero-order valence-electron chi connectivity index (χ0n) is 17.1. The number of benzene rings is 1. The van der Waals surface area contributed by atoms with Gasteiger partial charge in [-0.15, -0.1) is 0 Å². The van der Waals surface area contributed by atoms with Gasteiger partial charge >= 0.3 is 0 Å². The van der Waals surface area contributed by atoms with E-state index in [-0.39, 0.29) is 11.8 Å². The molecule has 0 spiro atoms. The molecule has 1 N–H and O–H groups in total. The van der Waals surface area contributed by atoms with Crippen LogP contribution in [0.25, 0.3) is 5.57 Å². The number of hydrogen-bond acceptors (Lipinski definition) is 3. The number of nitrogens with one attached hydrogen (secondary N) is 1. The Kier molecular flexibility index (Phi) is 7.21. The van der Waals surface area contributed by atoms with Gasteiger partial charge in [0.1, 0.15) is 0 Å². The van der Waals surface area contributed by atoms with Crippen LogP contribution in [0.3, 0.4) is 0 Å². The Balaban J connectivity index is 1.61. The number of carbonyl (C=O) groups is 1. The van der Waals surface area contributed by atoms with Gasteiger partial charge in [-0.25, -0.2) is 9.98 Å². The first kappa shape index (κ1) is 21.3. The van der Waals surface area contributed by atoms with Crippen molar-refractivity contribution in [2.75, 3.05) is 5.32 Å². The summed E-state index contributed by atoms with van der Waals surface area (Å²) in [4.78, 5) is 21.1. The number of anilines is 1. The number of pyridine rings is 1. The topological polar surface area (TPSA) is 54.4 Å². The molecule has 5 heteroatoms. The molecular weight excluding hydrogens is 382 g/mol. The predicted molar refractivity (Wildman–Crippen MR) is 122 cm³/mol. The molecule has 1 saturated carbocycles. The fourth-order valence-corrected chi connectivity index (χ4v) is 4.42. The average molecular weight is 410 g/mol. The highest BCUT2D eigenvalue weighted by Crippen LogP contribution is 2.41. The van der Waals surface area contributed by atoms with E-state index < -0.39 is 0 Å². The van der Waals surface area contributed by atoms with Crippen LogP contribution in [0.15, 0.2) is 53.7 Å². The molecule has 2 aromatic rings. The standard InChI is InChI=1S/C24H28ClN3O/c1-4-21(22-6-5-15-27-23(22)26-3)18-9-7-17(8-10-18)16(2)24(29)28-20-13-11-19(25)12-14-20/h4-6,11-18H,3,7-10H2,1-2H3,(H,28,29)/b21-4-. The molecule has 29 heavy (non-hydrogen) atoms. The van der Waals surface area contributed by atoms with Crippen molar-refractivity contribution in [1.29, 1.82) is 0 Å². The Morgan fingerprint density at radius 2 is 1.93 bits per heavy atom. The summed E-state index contributed by atoms with van der Waals surface area (Å²) in [6, 6.07) is 11.3. The molecule has 1 aromatic carbocycles. The molecule has 0 radical (unpaired) electrons. The lowest BCUT2D eigenvalue weighted by molar-refractivity contribution is -0.121. The normalized spacial score (nSPS) is 20.7. The van der Waals surface area contributed by atoms with Crippen LogP contribution in [0.4, 0.5) is 11.5 Å². The predicted octanol–water partition coefficient (Wildman–Crippen LogP) is 6.55. The zero-order valence-corrected chi connectivity index (χ0v) is 17.8. The van der Waals surface area contributed by atoms with Crippen LogP contribution >= 0.6 is 11.6 Å². The summed E-state index contributed by atoms with van der Waals surface area (Å²) in [7, 11) is 0. The minimum atomic E-state index is -0.0236. The van der Waals surface area contributed by atoms with Gasteiger partial charge in [0.2, 0.25) is 5.91 Å². The Morgan fingerprint density at radius 1 is 1.24 bits per heavy atom. The number of carbonyl (C=O) groups excluding carboxylic acids is 1. The lowest BCUT2D eigenvalue weighted by Gasteiger charge is -2.33. The maximum Gasteiger partial charge on any atom is 0.227 e. The van der Waals surface area contributed by atoms with Crippen molar-refractivity contribution < 1.29 is 4.79 Å². The van der Waals surface area contributed by atoms with Crippen molar-refractivity contribution in [2.24, 2.45) is 22.7 Å². The first-order chi connectivity index (χ1) is 14.0. The molecule has 3 rings (SSSR count). The largest absolute Gasteiger partial charge is 0.326 e. The second-order valence-electron chi connectivity index (χ2n) is 7.67. The van der Waals surface area contributed by atoms with Gasteiger partial charge in [0.15, 0.2) is 5.82 Å². The molecular formula is C24H28ClN3O. The maximum absolute atomic E-state index is 12.7. The minimum Gasteiger partial charge on any atom is -0.326 e. The van der Waals surface area contributed by atoms with Crippen LogP contribution in [-0.4, -0.2) is 17.6 Å². The number of hydrogen-bond donors (Lipinski definition) is 1. The van der Waals surface area contributed by atoms with Crippen molar-refractivity contribution in [3.05, 3.63) is 59.3 Å². The van der Waals surface area contributed by atoms with Gasteiger partial charge in [-0.1, -0.05) is 24.6 Å². The average Bonchev–Trinajstić information content (AvgIpc) is 2.76. The van der Waals surface area contributed by atoms with Gasteiger partial charge in [0.05, 0.1) is 0 Å². The second kappa shape index (κ2) is 9.84. The SMILES string of the molecule is C=Nc1ncccc1/C(=C\C)C1CCC(C(C)C(=O)Nc2ccc(Cl)cc2)CC1. The van der Waals surface area contributed by atoms with E-state index in [1.54, 1.807) is 18.3 Å². The van der Waals surface area contributed by atoms with Gasteiger partial charge in [-0.05, 0) is 93.1 Å². The van der Waals surface area contributed by atoms with Crippen LogP contribution in [0.1, 0.15) is 45.1 Å². The Bertz CT molecular complexity index is 883. The molecule has 152 valence electrons. The van der Waals surface area contributed by atoms with Crippen LogP contribution in [0.5, 0.6) is 0 Å². The number of halogens is 1. The van der Waals surface area contributed by atoms with Gasteiger partial charge in [0.25, 0.3) is 0 Å². The van der Waals surface area contributed by atoms with Gasteiger partial charge in [0, 0.05) is 28.4 Å². The lowest BCUT2D eigenvalue weighted by atomic mass is 9.72. The van der Waals surface area contributed by atoms with Crippen molar-refractivity contribution in [3.8, 4) is 0 Å². The molecule has 1 amide bonds. The van der Waals surface area contributed by atoms with E-state index in [1.807, 2.05) is 25.1 Å². The number of aromatic nitrogens is 1. The third-order valence-corrected chi connectivity index (χ3v) is 6.25. The molecule has 0 saturated heterocycles. The van der Waals surface area contributed by atoms with Crippen molar-refractivity contribution in [1.82, 2.24) is 4.98 Å². The molecule has 1 atom stereocenters. The summed E-state index contributed by atoms with van der Waals surface area (Å²) >= 11 is 5.92. The van der Waals surface area contributed by atoms with Crippen LogP contribution in [0.2, 0.25) is 5.02 Å². The lowest BCUT2D eigenvalue weighted by Crippen LogP contribution is -2.30. The van der Waals surface area contributed by atoms with E-state index >= 15 is 0 Å². The monoisotopic (exact) mass is 409 g/mol. The highest BCUT2D eigenvalue weighted by Gasteiger charge is 2.31. The third-order valence-electron chi connectivity index (χ3n) is 6.00. The molecule has 0 aliphatic heterocycles. The number of allylic oxidation sites excluding steroid dienone is 2. The first-order valence-corrected chi connectivity index (χ1v) is 10.6. The van der Waals surface area contributed by atoms with E-state index in [4.69, 9.17) is 11.6 Å². The van der Waals surface area contributed by atoms with E-state index in [1.165, 1.54) is 5.57 Å². The molecule has 1 aromatic heterocycles. The smallest absolute Gasteiger partial charge is 0.227 e. The van der Waals surface area contributed by atoms with Gasteiger partial charge in [-0.2, -0.15) is 0 Å². The number of rotatable bonds is 6. The van der Waals surface area contributed by atoms with Crippen LogP contribution < -0.4 is 5.32 Å². The summed E-state index contributed by atoms with van der Waals surface area (Å²) < 4.78 is 0. The number of aliphatic imine (C=N–C) groups is 1. The van der Waals surface area contributed by atoms with E-state index in [2.05, 4.69) is 41.1 Å². The van der Waals surface area contributed by atoms with Gasteiger partial charge in [-0.3, -0.25) is 4.79 Å². The Morgan fingerprint density at radius 3 is 2.55 bits per heavy atom. The molecule has 4 nitrogen and oxygen atoms in total. The third kappa shape index (κ3) is 5.13. The molecule has 1 fully saturated rings. The summed E-state index contributed by atoms with van der Waals surface area (Å²) in [5.41, 5.74) is 3.15. The van der Waals surface area contributed by atoms with E-state index in [0.717, 1.165) is 36.9 Å². The van der Waals surface area contributed by atoms with Crippen LogP contribution in [-0.2, 0) is 4.79 Å². The van der Waals surface area contributed by atoms with E-state index in [0.29, 0.717) is 22.7 Å². The number of amides is 1. The van der Waals surface area contributed by atoms with E-state index in [9.17, 15) is 4.79 Å². The summed E-state index contributed by atoms with van der Waals surface area (Å²) in [6.07, 6.45) is 8.12. The second-order valence-corrected chi connectivity index (χ2v) is 8.11. The van der Waals surface area contributed by atoms with Gasteiger partial charge < -0.3 is 5.32 Å². The summed E-state index contributed by atoms with van der Waals surface area (Å²) in [6.45, 7) is 7.76. The fourth-order valence-electron chi connectivity index (χ4n) is 4.29. The zero-order chi connectivity index (χ0) is 20.8. The summed E-state index contributed by atoms with van der Waals surface area (Å²) in [5.74, 6) is 1.60. The Labute approximate surface area is 178 Å². The first-order valence-electron chi connectivity index (χ1n) is 10.2. The van der Waals surface area contributed by atoms with Crippen molar-refractivity contribution in [3.63, 3.8) is 0 Å². The molecule has 1 aliphatic rings. The minimum absolute atomic E-state index is 0.0236. The highest BCUT2D eigenvalue weighted by atomic mass is 35.5. The molecule has 1 heterocycles. The van der Waals surface area contributed by atoms with Crippen LogP contribution in [0, 0.1) is 17.8 Å². The van der Waals surface area contributed by atoms with Crippen molar-refractivity contribution >= 4 is 41.3 Å². The fraction of sp³-hybridized carbons (Fsp3) is 0.375. The summed E-state index contributed by atoms with van der Waals surface area (Å²) in [5, 5.41) is 3.68.